The van der Waals surface area contributed by atoms with Crippen LogP contribution in [0, 0.1) is 0 Å². The van der Waals surface area contributed by atoms with Gasteiger partial charge >= 0.3 is 5.97 Å². The largest absolute Gasteiger partial charge is 0.460 e. The van der Waals surface area contributed by atoms with Crippen molar-refractivity contribution in [3.8, 4) is 0 Å². The minimum absolute atomic E-state index is 0.0575. The fourth-order valence-corrected chi connectivity index (χ4v) is 4.92. The van der Waals surface area contributed by atoms with Gasteiger partial charge in [-0.1, -0.05) is 39.7 Å². The van der Waals surface area contributed by atoms with Gasteiger partial charge in [0.15, 0.2) is 0 Å². The SMILES string of the molecule is C=CC(=O)OC(CCCC)[Si](C)(CCC)OC. The molecule has 0 spiro atoms. The number of esters is 1. The second kappa shape index (κ2) is 8.47. The van der Waals surface area contributed by atoms with Gasteiger partial charge in [-0.15, -0.1) is 0 Å². The average Bonchev–Trinajstić information content (AvgIpc) is 2.34. The second-order valence-electron chi connectivity index (χ2n) is 4.54. The molecule has 0 amide bonds. The standard InChI is InChI=1S/C13H26O3Si/c1-6-9-10-13(16-12(14)8-3)17(5,15-4)11-7-2/h8,13H,3,6-7,9-11H2,1-2,4-5H3. The van der Waals surface area contributed by atoms with Crippen LogP contribution in [0.3, 0.4) is 0 Å². The van der Waals surface area contributed by atoms with Crippen LogP contribution in [-0.2, 0) is 14.0 Å². The molecule has 0 aromatic heterocycles. The molecule has 0 radical (unpaired) electrons. The lowest BCUT2D eigenvalue weighted by Crippen LogP contribution is -2.49. The maximum absolute atomic E-state index is 11.4. The lowest BCUT2D eigenvalue weighted by atomic mass is 10.3. The van der Waals surface area contributed by atoms with Crippen LogP contribution in [0.2, 0.25) is 12.6 Å². The molecule has 0 fully saturated rings. The summed E-state index contributed by atoms with van der Waals surface area (Å²) < 4.78 is 11.2. The molecular weight excluding hydrogens is 232 g/mol. The molecule has 0 N–H and O–H groups in total. The monoisotopic (exact) mass is 258 g/mol. The van der Waals surface area contributed by atoms with Crippen LogP contribution in [0.15, 0.2) is 12.7 Å². The summed E-state index contributed by atoms with van der Waals surface area (Å²) in [7, 11) is -0.221. The van der Waals surface area contributed by atoms with E-state index in [1.165, 1.54) is 6.08 Å². The van der Waals surface area contributed by atoms with E-state index in [-0.39, 0.29) is 11.7 Å². The number of rotatable bonds is 9. The summed E-state index contributed by atoms with van der Waals surface area (Å²) in [5, 5.41) is 0. The first-order valence-electron chi connectivity index (χ1n) is 6.42. The van der Waals surface area contributed by atoms with Gasteiger partial charge in [0.05, 0.1) is 0 Å². The Morgan fingerprint density at radius 2 is 2.06 bits per heavy atom. The Morgan fingerprint density at radius 3 is 2.47 bits per heavy atom. The molecule has 4 heteroatoms. The zero-order valence-electron chi connectivity index (χ0n) is 11.6. The first kappa shape index (κ1) is 16.4. The van der Waals surface area contributed by atoms with Gasteiger partial charge in [-0.25, -0.2) is 4.79 Å². The lowest BCUT2D eigenvalue weighted by Gasteiger charge is -2.33. The predicted molar refractivity (Wildman–Crippen MR) is 73.3 cm³/mol. The fourth-order valence-electron chi connectivity index (χ4n) is 1.96. The number of hydrogen-bond donors (Lipinski definition) is 0. The Bertz CT molecular complexity index is 243. The van der Waals surface area contributed by atoms with Gasteiger partial charge in [0.2, 0.25) is 8.32 Å². The topological polar surface area (TPSA) is 35.5 Å². The van der Waals surface area contributed by atoms with E-state index in [1.807, 2.05) is 0 Å². The van der Waals surface area contributed by atoms with Crippen molar-refractivity contribution in [1.29, 1.82) is 0 Å². The summed E-state index contributed by atoms with van der Waals surface area (Å²) in [6.45, 7) is 9.87. The van der Waals surface area contributed by atoms with Crippen LogP contribution in [-0.4, -0.2) is 27.1 Å². The van der Waals surface area contributed by atoms with E-state index in [1.54, 1.807) is 7.11 Å². The highest BCUT2D eigenvalue weighted by molar-refractivity contribution is 6.73. The molecule has 2 atom stereocenters. The summed E-state index contributed by atoms with van der Waals surface area (Å²) in [5.41, 5.74) is -0.0575. The van der Waals surface area contributed by atoms with E-state index >= 15 is 0 Å². The Balaban J connectivity index is 4.71. The molecule has 0 saturated carbocycles. The smallest absolute Gasteiger partial charge is 0.330 e. The maximum atomic E-state index is 11.4. The van der Waals surface area contributed by atoms with Crippen LogP contribution >= 0.6 is 0 Å². The molecule has 0 aliphatic rings. The molecule has 0 aromatic carbocycles. The first-order valence-corrected chi connectivity index (χ1v) is 9.11. The van der Waals surface area contributed by atoms with Gasteiger partial charge in [0, 0.05) is 13.2 Å². The van der Waals surface area contributed by atoms with E-state index in [0.717, 1.165) is 31.7 Å². The maximum Gasteiger partial charge on any atom is 0.330 e. The summed E-state index contributed by atoms with van der Waals surface area (Å²) in [6, 6.07) is 1.02. The van der Waals surface area contributed by atoms with Crippen LogP contribution in [0.5, 0.6) is 0 Å². The average molecular weight is 258 g/mol. The summed E-state index contributed by atoms with van der Waals surface area (Å²) >= 11 is 0. The van der Waals surface area contributed by atoms with Crippen LogP contribution in [0.1, 0.15) is 39.5 Å². The molecule has 0 aliphatic heterocycles. The third-order valence-electron chi connectivity index (χ3n) is 3.14. The van der Waals surface area contributed by atoms with Gasteiger partial charge in [0.1, 0.15) is 5.73 Å². The normalized spacial score (nSPS) is 16.0. The molecule has 2 unspecified atom stereocenters. The van der Waals surface area contributed by atoms with Crippen LogP contribution in [0.25, 0.3) is 0 Å². The summed E-state index contributed by atoms with van der Waals surface area (Å²) in [6.07, 6.45) is 5.35. The summed E-state index contributed by atoms with van der Waals surface area (Å²) in [4.78, 5) is 11.4. The highest BCUT2D eigenvalue weighted by Gasteiger charge is 2.39. The van der Waals surface area contributed by atoms with Crippen molar-refractivity contribution in [3.63, 3.8) is 0 Å². The van der Waals surface area contributed by atoms with Crippen molar-refractivity contribution in [1.82, 2.24) is 0 Å². The van der Waals surface area contributed by atoms with Gasteiger partial charge in [-0.2, -0.15) is 0 Å². The number of ether oxygens (including phenoxy) is 1. The van der Waals surface area contributed by atoms with E-state index in [4.69, 9.17) is 9.16 Å². The van der Waals surface area contributed by atoms with E-state index < -0.39 is 8.32 Å². The number of hydrogen-bond acceptors (Lipinski definition) is 3. The molecule has 0 rings (SSSR count). The first-order chi connectivity index (χ1) is 8.03. The molecule has 0 aromatic rings. The number of carbonyl (C=O) groups is 1. The number of unbranched alkanes of at least 4 members (excludes halogenated alkanes) is 1. The zero-order valence-corrected chi connectivity index (χ0v) is 12.6. The predicted octanol–water partition coefficient (Wildman–Crippen LogP) is 3.45. The van der Waals surface area contributed by atoms with Crippen molar-refractivity contribution in [2.45, 2.75) is 57.8 Å². The van der Waals surface area contributed by atoms with Gasteiger partial charge in [-0.3, -0.25) is 0 Å². The minimum atomic E-state index is -1.96. The number of carbonyl (C=O) groups excluding carboxylic acids is 1. The highest BCUT2D eigenvalue weighted by Crippen LogP contribution is 2.24. The van der Waals surface area contributed by atoms with Crippen LogP contribution in [0.4, 0.5) is 0 Å². The molecule has 0 saturated heterocycles. The molecule has 0 heterocycles. The molecule has 17 heavy (non-hydrogen) atoms. The third kappa shape index (κ3) is 5.50. The Labute approximate surface area is 106 Å². The summed E-state index contributed by atoms with van der Waals surface area (Å²) in [5.74, 6) is -0.335. The van der Waals surface area contributed by atoms with Gasteiger partial charge in [-0.05, 0) is 19.0 Å². The molecule has 0 bridgehead atoms. The van der Waals surface area contributed by atoms with Gasteiger partial charge < -0.3 is 9.16 Å². The van der Waals surface area contributed by atoms with Gasteiger partial charge in [0.25, 0.3) is 0 Å². The zero-order chi connectivity index (χ0) is 13.3. The van der Waals surface area contributed by atoms with Crippen molar-refractivity contribution in [2.24, 2.45) is 0 Å². The molecular formula is C13H26O3Si. The Morgan fingerprint density at radius 1 is 1.41 bits per heavy atom. The third-order valence-corrected chi connectivity index (χ3v) is 7.33. The van der Waals surface area contributed by atoms with Crippen LogP contribution < -0.4 is 0 Å². The molecule has 100 valence electrons. The lowest BCUT2D eigenvalue weighted by molar-refractivity contribution is -0.140. The van der Waals surface area contributed by atoms with E-state index in [2.05, 4.69) is 27.0 Å². The fraction of sp³-hybridized carbons (Fsp3) is 0.769. The van der Waals surface area contributed by atoms with Crippen molar-refractivity contribution in [2.75, 3.05) is 7.11 Å². The van der Waals surface area contributed by atoms with Crippen molar-refractivity contribution in [3.05, 3.63) is 12.7 Å². The van der Waals surface area contributed by atoms with Crippen molar-refractivity contribution >= 4 is 14.3 Å². The Hall–Kier alpha value is -0.613. The van der Waals surface area contributed by atoms with Crippen molar-refractivity contribution < 1.29 is 14.0 Å². The quantitative estimate of drug-likeness (QED) is 0.361. The van der Waals surface area contributed by atoms with E-state index in [0.29, 0.717) is 0 Å². The molecule has 0 aliphatic carbocycles. The second-order valence-corrected chi connectivity index (χ2v) is 8.72. The minimum Gasteiger partial charge on any atom is -0.460 e. The highest BCUT2D eigenvalue weighted by atomic mass is 28.4. The van der Waals surface area contributed by atoms with E-state index in [9.17, 15) is 4.79 Å². The molecule has 3 nitrogen and oxygen atoms in total. The Kier molecular flexibility index (Phi) is 8.17.